The maximum Gasteiger partial charge on any atom is 0.330 e. The average molecular weight is 433 g/mol. The number of hydrogen-bond donors (Lipinski definition) is 3. The smallest absolute Gasteiger partial charge is 0.330 e. The lowest BCUT2D eigenvalue weighted by atomic mass is 10.1. The van der Waals surface area contributed by atoms with E-state index in [1.54, 1.807) is 0 Å². The molecule has 1 aromatic heterocycles. The Labute approximate surface area is 169 Å². The van der Waals surface area contributed by atoms with Crippen LogP contribution in [-0.4, -0.2) is 61.7 Å². The van der Waals surface area contributed by atoms with Gasteiger partial charge < -0.3 is 19.7 Å². The molecule has 2 saturated heterocycles. The van der Waals surface area contributed by atoms with Gasteiger partial charge in [-0.25, -0.2) is 4.79 Å². The minimum atomic E-state index is -1.44. The summed E-state index contributed by atoms with van der Waals surface area (Å²) >= 11 is 0. The number of aliphatic hydroxyl groups is 2. The predicted octanol–water partition coefficient (Wildman–Crippen LogP) is 0.413. The summed E-state index contributed by atoms with van der Waals surface area (Å²) in [5.74, 6) is 1.09. The number of aliphatic hydroxyl groups excluding tert-OH is 2. The van der Waals surface area contributed by atoms with Crippen LogP contribution in [-0.2, 0) is 14.3 Å². The first-order chi connectivity index (χ1) is 13.5. The Morgan fingerprint density at radius 3 is 2.86 bits per heavy atom. The summed E-state index contributed by atoms with van der Waals surface area (Å²) in [6.45, 7) is -0.240. The van der Waals surface area contributed by atoms with Gasteiger partial charge in [-0.3, -0.25) is 19.1 Å². The molecule has 2 fully saturated rings. The van der Waals surface area contributed by atoms with Gasteiger partial charge in [0.2, 0.25) is 0 Å². The van der Waals surface area contributed by atoms with E-state index in [0.29, 0.717) is 11.7 Å². The van der Waals surface area contributed by atoms with Crippen molar-refractivity contribution in [3.8, 4) is 0 Å². The molecule has 11 heteroatoms. The molecule has 2 aliphatic rings. The lowest BCUT2D eigenvalue weighted by molar-refractivity contribution is -0.180. The fraction of sp³-hybridized carbons (Fsp3) is 0.706. The van der Waals surface area contributed by atoms with Crippen LogP contribution in [0.2, 0.25) is 0 Å². The molecule has 0 spiro atoms. The molecular weight excluding hydrogens is 408 g/mol. The molecule has 3 heterocycles. The third kappa shape index (κ3) is 5.49. The predicted molar refractivity (Wildman–Crippen MR) is 105 cm³/mol. The van der Waals surface area contributed by atoms with Crippen molar-refractivity contribution in [1.29, 1.82) is 0 Å². The number of aromatic nitrogens is 2. The molecule has 0 bridgehead atoms. The van der Waals surface area contributed by atoms with Crippen molar-refractivity contribution in [3.63, 3.8) is 0 Å². The zero-order valence-electron chi connectivity index (χ0n) is 15.2. The van der Waals surface area contributed by atoms with Gasteiger partial charge in [-0.2, -0.15) is 0 Å². The molecule has 156 valence electrons. The van der Waals surface area contributed by atoms with Crippen molar-refractivity contribution in [3.05, 3.63) is 33.1 Å². The first kappa shape index (κ1) is 21.6. The summed E-state index contributed by atoms with van der Waals surface area (Å²) in [6.07, 6.45) is 0.339. The fourth-order valence-electron chi connectivity index (χ4n) is 3.13. The van der Waals surface area contributed by atoms with Crippen molar-refractivity contribution in [2.75, 3.05) is 12.4 Å². The van der Waals surface area contributed by atoms with E-state index < -0.39 is 36.0 Å². The van der Waals surface area contributed by atoms with Gasteiger partial charge in [-0.1, -0.05) is 28.0 Å². The highest BCUT2D eigenvalue weighted by molar-refractivity contribution is 8.77. The lowest BCUT2D eigenvalue weighted by Gasteiger charge is -2.16. The summed E-state index contributed by atoms with van der Waals surface area (Å²) in [6, 6.07) is 1.10. The quantitative estimate of drug-likeness (QED) is 0.375. The number of carbonyl (C=O) groups excluding carboxylic acids is 1. The summed E-state index contributed by atoms with van der Waals surface area (Å²) in [5.41, 5.74) is -1.36. The first-order valence-corrected chi connectivity index (χ1v) is 11.6. The Hall–Kier alpha value is -1.11. The normalized spacial score (nSPS) is 30.0. The van der Waals surface area contributed by atoms with E-state index in [0.717, 1.165) is 36.1 Å². The van der Waals surface area contributed by atoms with Crippen LogP contribution in [0.1, 0.15) is 38.3 Å². The molecule has 9 nitrogen and oxygen atoms in total. The Kier molecular flexibility index (Phi) is 7.77. The molecular formula is C17H24N2O7S2. The number of hydrogen-bond acceptors (Lipinski definition) is 9. The van der Waals surface area contributed by atoms with Crippen molar-refractivity contribution < 1.29 is 24.5 Å². The number of carbonyl (C=O) groups is 1. The van der Waals surface area contributed by atoms with Gasteiger partial charge in [0.15, 0.2) is 18.3 Å². The molecule has 3 rings (SSSR count). The second-order valence-corrected chi connectivity index (χ2v) is 9.61. The molecule has 5 atom stereocenters. The number of ketones is 1. The van der Waals surface area contributed by atoms with Gasteiger partial charge in [-0.15, -0.1) is 0 Å². The van der Waals surface area contributed by atoms with E-state index in [1.807, 2.05) is 26.6 Å². The second-order valence-electron chi connectivity index (χ2n) is 6.82. The van der Waals surface area contributed by atoms with Crippen LogP contribution in [0.15, 0.2) is 21.9 Å². The minimum Gasteiger partial charge on any atom is -0.385 e. The Bertz CT molecular complexity index is 777. The number of rotatable bonds is 9. The summed E-state index contributed by atoms with van der Waals surface area (Å²) in [4.78, 5) is 37.0. The molecule has 0 aliphatic carbocycles. The van der Waals surface area contributed by atoms with Crippen LogP contribution in [0.3, 0.4) is 0 Å². The molecule has 1 aromatic rings. The lowest BCUT2D eigenvalue weighted by Crippen LogP contribution is -2.37. The van der Waals surface area contributed by atoms with E-state index in [4.69, 9.17) is 9.47 Å². The maximum absolute atomic E-state index is 12.0. The number of Topliss-reactive ketones (excluding diaryl/α,β-unsaturated/α-hetero) is 1. The van der Waals surface area contributed by atoms with E-state index >= 15 is 0 Å². The van der Waals surface area contributed by atoms with Crippen LogP contribution >= 0.6 is 21.6 Å². The monoisotopic (exact) mass is 432 g/mol. The number of unbranched alkanes of at least 4 members (excludes halogenated alkanes) is 1. The Morgan fingerprint density at radius 1 is 1.32 bits per heavy atom. The average Bonchev–Trinajstić information content (AvgIpc) is 3.27. The SMILES string of the molecule is O=C(CCCCC1CCSS1)COC1O[C@@H](n2ccc(=O)[nH]c2=O)[C@H](O)[C@@H]1O. The maximum atomic E-state index is 12.0. The van der Waals surface area contributed by atoms with Gasteiger partial charge in [0, 0.05) is 29.7 Å². The van der Waals surface area contributed by atoms with Crippen LogP contribution in [0.5, 0.6) is 0 Å². The summed E-state index contributed by atoms with van der Waals surface area (Å²) < 4.78 is 11.7. The Balaban J connectivity index is 1.43. The minimum absolute atomic E-state index is 0.108. The largest absolute Gasteiger partial charge is 0.385 e. The van der Waals surface area contributed by atoms with E-state index in [9.17, 15) is 24.6 Å². The van der Waals surface area contributed by atoms with E-state index in [2.05, 4.69) is 0 Å². The fourth-order valence-corrected chi connectivity index (χ4v) is 6.16. The van der Waals surface area contributed by atoms with Gasteiger partial charge >= 0.3 is 5.69 Å². The molecule has 2 aliphatic heterocycles. The highest BCUT2D eigenvalue weighted by atomic mass is 33.1. The molecule has 3 N–H and O–H groups in total. The van der Waals surface area contributed by atoms with Gasteiger partial charge in [0.05, 0.1) is 0 Å². The topological polar surface area (TPSA) is 131 Å². The molecule has 0 saturated carbocycles. The van der Waals surface area contributed by atoms with Crippen molar-refractivity contribution in [1.82, 2.24) is 9.55 Å². The number of aromatic amines is 1. The number of H-pyrrole nitrogens is 1. The number of nitrogens with one attached hydrogen (secondary N) is 1. The van der Waals surface area contributed by atoms with Crippen LogP contribution in [0.25, 0.3) is 0 Å². The van der Waals surface area contributed by atoms with Crippen molar-refractivity contribution >= 4 is 27.4 Å². The molecule has 0 amide bonds. The second kappa shape index (κ2) is 10.1. The highest BCUT2D eigenvalue weighted by Gasteiger charge is 2.45. The van der Waals surface area contributed by atoms with Crippen molar-refractivity contribution in [2.24, 2.45) is 0 Å². The van der Waals surface area contributed by atoms with Crippen LogP contribution in [0.4, 0.5) is 0 Å². The molecule has 28 heavy (non-hydrogen) atoms. The number of ether oxygens (including phenoxy) is 2. The third-order valence-electron chi connectivity index (χ3n) is 4.69. The standard InChI is InChI=1S/C17H24N2O7S2/c20-10(3-1-2-4-11-6-8-27-28-11)9-25-16-14(23)13(22)15(26-16)19-7-5-12(21)18-17(19)24/h5,7,11,13-16,22-23H,1-4,6,8-9H2,(H,18,21,24)/t11?,13-,14+,15-,16?/m1/s1. The van der Waals surface area contributed by atoms with Gasteiger partial charge in [0.1, 0.15) is 18.8 Å². The van der Waals surface area contributed by atoms with E-state index in [1.165, 1.54) is 12.2 Å². The Morgan fingerprint density at radius 2 is 2.14 bits per heavy atom. The van der Waals surface area contributed by atoms with Crippen LogP contribution in [0, 0.1) is 0 Å². The van der Waals surface area contributed by atoms with Gasteiger partial charge in [-0.05, 0) is 19.3 Å². The molecule has 2 unspecified atom stereocenters. The zero-order valence-corrected chi connectivity index (χ0v) is 16.8. The summed E-state index contributed by atoms with van der Waals surface area (Å²) in [7, 11) is 3.83. The van der Waals surface area contributed by atoms with Crippen LogP contribution < -0.4 is 11.2 Å². The highest BCUT2D eigenvalue weighted by Crippen LogP contribution is 2.39. The van der Waals surface area contributed by atoms with E-state index in [-0.39, 0.29) is 12.4 Å². The summed E-state index contributed by atoms with van der Waals surface area (Å²) in [5, 5.41) is 20.9. The molecule has 0 aromatic carbocycles. The van der Waals surface area contributed by atoms with Crippen molar-refractivity contribution in [2.45, 2.75) is 62.1 Å². The third-order valence-corrected chi connectivity index (χ3v) is 7.69. The number of nitrogens with zero attached hydrogens (tertiary/aromatic N) is 1. The zero-order chi connectivity index (χ0) is 20.1. The molecule has 0 radical (unpaired) electrons. The van der Waals surface area contributed by atoms with Gasteiger partial charge in [0.25, 0.3) is 5.56 Å². The first-order valence-electron chi connectivity index (χ1n) is 9.20.